The van der Waals surface area contributed by atoms with Crippen LogP contribution in [0, 0.1) is 19.1 Å². The SMILES string of the molecule is Cc1cccc(-c2[c-]ccc(-c3cc4ccccc4c4ccccc34)c2)n1.[Ir].[c-]1ccccc1-c1ccccn1. The van der Waals surface area contributed by atoms with Crippen LogP contribution in [0.2, 0.25) is 0 Å². The Morgan fingerprint density at radius 3 is 2.05 bits per heavy atom. The fourth-order valence-corrected chi connectivity index (χ4v) is 4.84. The molecule has 0 atom stereocenters. The van der Waals surface area contributed by atoms with Gasteiger partial charge in [-0.05, 0) is 63.6 Å². The average molecular weight is 691 g/mol. The zero-order valence-corrected chi connectivity index (χ0v) is 24.4. The number of fused-ring (bicyclic) bond motifs is 3. The molecule has 3 heteroatoms. The Hall–Kier alpha value is -4.43. The summed E-state index contributed by atoms with van der Waals surface area (Å²) in [5, 5.41) is 5.10. The Balaban J connectivity index is 0.000000209. The summed E-state index contributed by atoms with van der Waals surface area (Å²) in [5.74, 6) is 0. The summed E-state index contributed by atoms with van der Waals surface area (Å²) in [5.41, 5.74) is 7.44. The molecule has 0 spiro atoms. The van der Waals surface area contributed by atoms with Crippen LogP contribution in [0.4, 0.5) is 0 Å². The minimum atomic E-state index is 0. The van der Waals surface area contributed by atoms with Crippen LogP contribution in [0.25, 0.3) is 55.2 Å². The topological polar surface area (TPSA) is 25.8 Å². The first kappa shape index (κ1) is 27.1. The van der Waals surface area contributed by atoms with E-state index in [2.05, 4.69) is 88.8 Å². The van der Waals surface area contributed by atoms with E-state index in [4.69, 9.17) is 0 Å². The zero-order valence-electron chi connectivity index (χ0n) is 22.0. The summed E-state index contributed by atoms with van der Waals surface area (Å²) in [6.07, 6.45) is 1.79. The summed E-state index contributed by atoms with van der Waals surface area (Å²) in [6.45, 7) is 2.02. The van der Waals surface area contributed by atoms with Crippen LogP contribution in [-0.4, -0.2) is 9.97 Å². The molecule has 0 unspecified atom stereocenters. The average Bonchev–Trinajstić information content (AvgIpc) is 3.02. The van der Waals surface area contributed by atoms with Gasteiger partial charge in [0.2, 0.25) is 0 Å². The van der Waals surface area contributed by atoms with E-state index < -0.39 is 0 Å². The molecule has 0 bridgehead atoms. The molecule has 2 heterocycles. The fourth-order valence-electron chi connectivity index (χ4n) is 4.84. The Labute approximate surface area is 248 Å². The minimum absolute atomic E-state index is 0. The number of pyridine rings is 2. The number of rotatable bonds is 3. The van der Waals surface area contributed by atoms with Crippen molar-refractivity contribution >= 4 is 21.5 Å². The van der Waals surface area contributed by atoms with Crippen molar-refractivity contribution in [2.24, 2.45) is 0 Å². The van der Waals surface area contributed by atoms with Crippen molar-refractivity contribution in [3.63, 3.8) is 0 Å². The molecule has 0 amide bonds. The van der Waals surface area contributed by atoms with E-state index in [9.17, 15) is 0 Å². The van der Waals surface area contributed by atoms with Crippen LogP contribution in [0.15, 0.2) is 140 Å². The largest absolute Gasteiger partial charge is 0.305 e. The Bertz CT molecular complexity index is 1830. The van der Waals surface area contributed by atoms with E-state index in [1.165, 1.54) is 32.7 Å². The number of benzene rings is 5. The van der Waals surface area contributed by atoms with Crippen LogP contribution in [0.1, 0.15) is 5.69 Å². The molecule has 0 N–H and O–H groups in total. The fraction of sp³-hybridized carbons (Fsp3) is 0.0270. The van der Waals surface area contributed by atoms with Crippen LogP contribution < -0.4 is 0 Å². The van der Waals surface area contributed by atoms with Gasteiger partial charge >= 0.3 is 0 Å². The molecular formula is C37H26IrN2-2. The maximum absolute atomic E-state index is 4.66. The third-order valence-corrected chi connectivity index (χ3v) is 6.69. The molecule has 7 aromatic rings. The third kappa shape index (κ3) is 5.92. The van der Waals surface area contributed by atoms with E-state index in [0.29, 0.717) is 0 Å². The van der Waals surface area contributed by atoms with Crippen LogP contribution in [0.5, 0.6) is 0 Å². The molecule has 2 nitrogen and oxygen atoms in total. The van der Waals surface area contributed by atoms with E-state index in [0.717, 1.165) is 28.2 Å². The second kappa shape index (κ2) is 12.6. The van der Waals surface area contributed by atoms with Crippen molar-refractivity contribution in [1.82, 2.24) is 9.97 Å². The Morgan fingerprint density at radius 1 is 0.550 bits per heavy atom. The standard InChI is InChI=1S/C26H18N.C11H8N.Ir/c1-18-8-6-15-26(27-18)21-11-7-10-19(16-21)25-17-20-9-2-3-12-22(20)23-13-4-5-14-24(23)25;1-2-6-10(7-3-1)11-8-4-5-9-12-11;/h2-10,12-17H,1H3;1-6,8-9H;/q2*-1;. The van der Waals surface area contributed by atoms with Gasteiger partial charge in [0.05, 0.1) is 0 Å². The van der Waals surface area contributed by atoms with Crippen molar-refractivity contribution in [3.8, 4) is 33.6 Å². The summed E-state index contributed by atoms with van der Waals surface area (Å²) in [6, 6.07) is 52.1. The van der Waals surface area contributed by atoms with Gasteiger partial charge in [0.1, 0.15) is 0 Å². The molecule has 2 aromatic heterocycles. The Kier molecular flexibility index (Phi) is 8.56. The number of aryl methyl sites for hydroxylation is 1. The summed E-state index contributed by atoms with van der Waals surface area (Å²) < 4.78 is 0. The van der Waals surface area contributed by atoms with Crippen molar-refractivity contribution in [3.05, 3.63) is 157 Å². The molecule has 195 valence electrons. The molecule has 0 aliphatic rings. The maximum atomic E-state index is 4.66. The van der Waals surface area contributed by atoms with E-state index >= 15 is 0 Å². The van der Waals surface area contributed by atoms with Crippen LogP contribution in [-0.2, 0) is 20.1 Å². The summed E-state index contributed by atoms with van der Waals surface area (Å²) in [7, 11) is 0. The first-order valence-corrected chi connectivity index (χ1v) is 13.0. The first-order chi connectivity index (χ1) is 19.3. The van der Waals surface area contributed by atoms with Crippen molar-refractivity contribution in [2.75, 3.05) is 0 Å². The molecule has 5 aromatic carbocycles. The van der Waals surface area contributed by atoms with Gasteiger partial charge in [-0.25, -0.2) is 0 Å². The monoisotopic (exact) mass is 691 g/mol. The van der Waals surface area contributed by atoms with Gasteiger partial charge in [0.15, 0.2) is 0 Å². The van der Waals surface area contributed by atoms with Gasteiger partial charge in [-0.1, -0.05) is 72.8 Å². The quantitative estimate of drug-likeness (QED) is 0.136. The van der Waals surface area contributed by atoms with E-state index in [1.807, 2.05) is 73.7 Å². The number of nitrogens with zero attached hydrogens (tertiary/aromatic N) is 2. The van der Waals surface area contributed by atoms with Crippen molar-refractivity contribution < 1.29 is 20.1 Å². The normalized spacial score (nSPS) is 10.4. The molecular weight excluding hydrogens is 665 g/mol. The van der Waals surface area contributed by atoms with Gasteiger partial charge in [0.25, 0.3) is 0 Å². The van der Waals surface area contributed by atoms with Gasteiger partial charge in [0, 0.05) is 32.0 Å². The number of hydrogen-bond acceptors (Lipinski definition) is 2. The smallest absolute Gasteiger partial charge is 0.0266 e. The first-order valence-electron chi connectivity index (χ1n) is 13.0. The van der Waals surface area contributed by atoms with Crippen LogP contribution >= 0.6 is 0 Å². The zero-order chi connectivity index (χ0) is 26.4. The van der Waals surface area contributed by atoms with E-state index in [-0.39, 0.29) is 20.1 Å². The predicted octanol–water partition coefficient (Wildman–Crippen LogP) is 9.38. The van der Waals surface area contributed by atoms with Gasteiger partial charge in [-0.2, -0.15) is 0 Å². The molecule has 0 fully saturated rings. The van der Waals surface area contributed by atoms with Crippen LogP contribution in [0.3, 0.4) is 0 Å². The summed E-state index contributed by atoms with van der Waals surface area (Å²) >= 11 is 0. The van der Waals surface area contributed by atoms with Gasteiger partial charge in [-0.3, -0.25) is 0 Å². The third-order valence-electron chi connectivity index (χ3n) is 6.69. The Morgan fingerprint density at radius 2 is 1.27 bits per heavy atom. The second-order valence-electron chi connectivity index (χ2n) is 9.34. The molecule has 1 radical (unpaired) electrons. The molecule has 0 aliphatic carbocycles. The molecule has 40 heavy (non-hydrogen) atoms. The maximum Gasteiger partial charge on any atom is 0.0266 e. The van der Waals surface area contributed by atoms with Gasteiger partial charge in [-0.15, -0.1) is 71.3 Å². The summed E-state index contributed by atoms with van der Waals surface area (Å²) in [4.78, 5) is 8.88. The van der Waals surface area contributed by atoms with Crippen molar-refractivity contribution in [2.45, 2.75) is 6.92 Å². The van der Waals surface area contributed by atoms with Crippen molar-refractivity contribution in [1.29, 1.82) is 0 Å². The predicted molar refractivity (Wildman–Crippen MR) is 162 cm³/mol. The van der Waals surface area contributed by atoms with Gasteiger partial charge < -0.3 is 9.97 Å². The molecule has 0 aliphatic heterocycles. The molecule has 0 saturated carbocycles. The molecule has 7 rings (SSSR count). The molecule has 0 saturated heterocycles. The number of aromatic nitrogens is 2. The van der Waals surface area contributed by atoms with E-state index in [1.54, 1.807) is 6.20 Å². The minimum Gasteiger partial charge on any atom is -0.305 e. The number of hydrogen-bond donors (Lipinski definition) is 0. The second-order valence-corrected chi connectivity index (χ2v) is 9.34.